The molecule has 4 heteroatoms. The summed E-state index contributed by atoms with van der Waals surface area (Å²) in [5.41, 5.74) is 0. The number of carbonyl (C=O) groups excluding carboxylic acids is 1. The molecule has 1 heterocycles. The van der Waals surface area contributed by atoms with Crippen molar-refractivity contribution in [3.8, 4) is 0 Å². The fourth-order valence-corrected chi connectivity index (χ4v) is 2.38. The van der Waals surface area contributed by atoms with Gasteiger partial charge in [-0.3, -0.25) is 4.79 Å². The number of carbonyl (C=O) groups is 1. The van der Waals surface area contributed by atoms with Crippen LogP contribution in [0.5, 0.6) is 0 Å². The summed E-state index contributed by atoms with van der Waals surface area (Å²) in [7, 11) is 4.04. The van der Waals surface area contributed by atoms with Gasteiger partial charge in [0, 0.05) is 30.4 Å². The Kier molecular flexibility index (Phi) is 5.97. The van der Waals surface area contributed by atoms with Gasteiger partial charge in [-0.2, -0.15) is 11.8 Å². The summed E-state index contributed by atoms with van der Waals surface area (Å²) in [6.07, 6.45) is 0.781. The maximum atomic E-state index is 11.3. The molecule has 0 spiro atoms. The first kappa shape index (κ1) is 12.3. The maximum Gasteiger partial charge on any atom is 0.138 e. The van der Waals surface area contributed by atoms with Crippen LogP contribution in [-0.2, 0) is 4.79 Å². The average molecular weight is 210 g/mol. The van der Waals surface area contributed by atoms with E-state index < -0.39 is 0 Å². The van der Waals surface area contributed by atoms with E-state index in [2.05, 4.69) is 4.90 Å². The number of ketones is 1. The van der Waals surface area contributed by atoms with Gasteiger partial charge in [-0.25, -0.2) is 0 Å². The first-order chi connectivity index (χ1) is 5.20. The lowest BCUT2D eigenvalue weighted by Gasteiger charge is -2.22. The van der Waals surface area contributed by atoms with E-state index in [-0.39, 0.29) is 12.4 Å². The second-order valence-corrected chi connectivity index (χ2v) is 4.40. The summed E-state index contributed by atoms with van der Waals surface area (Å²) in [5.74, 6) is 2.81. The van der Waals surface area contributed by atoms with Crippen LogP contribution < -0.4 is 0 Å². The lowest BCUT2D eigenvalue weighted by molar-refractivity contribution is -0.122. The smallest absolute Gasteiger partial charge is 0.138 e. The van der Waals surface area contributed by atoms with Crippen molar-refractivity contribution in [2.75, 3.05) is 32.1 Å². The van der Waals surface area contributed by atoms with Crippen molar-refractivity contribution in [1.82, 2.24) is 4.90 Å². The lowest BCUT2D eigenvalue weighted by Crippen LogP contribution is -2.32. The van der Waals surface area contributed by atoms with Crippen LogP contribution >= 0.6 is 24.2 Å². The minimum absolute atomic E-state index is 0. The van der Waals surface area contributed by atoms with E-state index in [1.165, 1.54) is 0 Å². The molecule has 1 fully saturated rings. The zero-order valence-electron chi connectivity index (χ0n) is 7.58. The monoisotopic (exact) mass is 209 g/mol. The molecule has 0 N–H and O–H groups in total. The first-order valence-corrected chi connectivity index (χ1v) is 5.11. The Balaban J connectivity index is 0.00000121. The first-order valence-electron chi connectivity index (χ1n) is 3.95. The third-order valence-electron chi connectivity index (χ3n) is 1.85. The molecule has 1 aliphatic rings. The highest BCUT2D eigenvalue weighted by Gasteiger charge is 2.22. The quantitative estimate of drug-likeness (QED) is 0.684. The molecule has 1 unspecified atom stereocenters. The Hall–Kier alpha value is 0.270. The molecule has 0 radical (unpaired) electrons. The van der Waals surface area contributed by atoms with Crippen LogP contribution in [0.15, 0.2) is 0 Å². The Morgan fingerprint density at radius 3 is 2.75 bits per heavy atom. The summed E-state index contributed by atoms with van der Waals surface area (Å²) < 4.78 is 0. The number of thioether (sulfide) groups is 1. The standard InChI is InChI=1S/C8H15NOS.ClH/c1-9(2)5-7-6-11-4-3-8(7)10;/h7H,3-6H2,1-2H3;1H. The Bertz CT molecular complexity index is 152. The van der Waals surface area contributed by atoms with E-state index in [1.807, 2.05) is 25.9 Å². The van der Waals surface area contributed by atoms with Gasteiger partial charge in [0.2, 0.25) is 0 Å². The van der Waals surface area contributed by atoms with Gasteiger partial charge in [0.15, 0.2) is 0 Å². The molecule has 1 aliphatic heterocycles. The lowest BCUT2D eigenvalue weighted by atomic mass is 10.0. The highest BCUT2D eigenvalue weighted by atomic mass is 35.5. The minimum Gasteiger partial charge on any atom is -0.309 e. The van der Waals surface area contributed by atoms with Crippen LogP contribution in [0, 0.1) is 5.92 Å². The summed E-state index contributed by atoms with van der Waals surface area (Å²) in [5, 5.41) is 0. The van der Waals surface area contributed by atoms with Crippen molar-refractivity contribution in [2.24, 2.45) is 5.92 Å². The molecule has 0 aromatic heterocycles. The number of nitrogens with zero attached hydrogens (tertiary/aromatic N) is 1. The molecule has 0 bridgehead atoms. The molecule has 1 rings (SSSR count). The van der Waals surface area contributed by atoms with E-state index in [4.69, 9.17) is 0 Å². The van der Waals surface area contributed by atoms with Crippen LogP contribution in [-0.4, -0.2) is 42.8 Å². The summed E-state index contributed by atoms with van der Waals surface area (Å²) in [6, 6.07) is 0. The number of hydrogen-bond donors (Lipinski definition) is 0. The Morgan fingerprint density at radius 2 is 2.25 bits per heavy atom. The molecular weight excluding hydrogens is 194 g/mol. The molecule has 0 aromatic rings. The van der Waals surface area contributed by atoms with Crippen LogP contribution in [0.4, 0.5) is 0 Å². The van der Waals surface area contributed by atoms with Gasteiger partial charge in [-0.15, -0.1) is 12.4 Å². The number of rotatable bonds is 2. The zero-order chi connectivity index (χ0) is 8.27. The van der Waals surface area contributed by atoms with Crippen LogP contribution in [0.2, 0.25) is 0 Å². The predicted octanol–water partition coefficient (Wildman–Crippen LogP) is 1.29. The van der Waals surface area contributed by atoms with E-state index in [0.717, 1.165) is 24.5 Å². The second-order valence-electron chi connectivity index (χ2n) is 3.25. The average Bonchev–Trinajstić information content (AvgIpc) is 1.93. The number of halogens is 1. The molecule has 2 nitrogen and oxygen atoms in total. The van der Waals surface area contributed by atoms with Gasteiger partial charge in [0.05, 0.1) is 0 Å². The van der Waals surface area contributed by atoms with Crippen LogP contribution in [0.25, 0.3) is 0 Å². The van der Waals surface area contributed by atoms with E-state index >= 15 is 0 Å². The Labute approximate surface area is 84.5 Å². The normalized spacial score (nSPS) is 23.9. The summed E-state index contributed by atoms with van der Waals surface area (Å²) in [6.45, 7) is 0.922. The second kappa shape index (κ2) is 5.84. The molecule has 1 atom stereocenters. The topological polar surface area (TPSA) is 20.3 Å². The SMILES string of the molecule is CN(C)CC1CSCCC1=O.Cl. The molecule has 12 heavy (non-hydrogen) atoms. The van der Waals surface area contributed by atoms with Gasteiger partial charge in [0.1, 0.15) is 5.78 Å². The van der Waals surface area contributed by atoms with Gasteiger partial charge in [-0.1, -0.05) is 0 Å². The summed E-state index contributed by atoms with van der Waals surface area (Å²) >= 11 is 1.90. The molecule has 0 aliphatic carbocycles. The highest BCUT2D eigenvalue weighted by molar-refractivity contribution is 7.99. The van der Waals surface area contributed by atoms with Gasteiger partial charge in [-0.05, 0) is 14.1 Å². The third-order valence-corrected chi connectivity index (χ3v) is 2.98. The molecular formula is C8H16ClNOS. The molecule has 0 amide bonds. The fourth-order valence-electron chi connectivity index (χ4n) is 1.29. The van der Waals surface area contributed by atoms with Gasteiger partial charge in [0.25, 0.3) is 0 Å². The molecule has 1 saturated heterocycles. The van der Waals surface area contributed by atoms with Crippen molar-refractivity contribution in [2.45, 2.75) is 6.42 Å². The van der Waals surface area contributed by atoms with Crippen molar-refractivity contribution in [1.29, 1.82) is 0 Å². The Morgan fingerprint density at radius 1 is 1.58 bits per heavy atom. The third kappa shape index (κ3) is 3.78. The summed E-state index contributed by atoms with van der Waals surface area (Å²) in [4.78, 5) is 13.4. The largest absolute Gasteiger partial charge is 0.309 e. The minimum atomic E-state index is 0. The van der Waals surface area contributed by atoms with Crippen molar-refractivity contribution >= 4 is 30.0 Å². The van der Waals surface area contributed by atoms with Gasteiger partial charge < -0.3 is 4.90 Å². The van der Waals surface area contributed by atoms with E-state index in [9.17, 15) is 4.79 Å². The van der Waals surface area contributed by atoms with Crippen LogP contribution in [0.1, 0.15) is 6.42 Å². The molecule has 72 valence electrons. The predicted molar refractivity (Wildman–Crippen MR) is 56.2 cm³/mol. The molecule has 0 aromatic carbocycles. The fraction of sp³-hybridized carbons (Fsp3) is 0.875. The van der Waals surface area contributed by atoms with Crippen molar-refractivity contribution in [3.63, 3.8) is 0 Å². The highest BCUT2D eigenvalue weighted by Crippen LogP contribution is 2.19. The van der Waals surface area contributed by atoms with Crippen molar-refractivity contribution in [3.05, 3.63) is 0 Å². The van der Waals surface area contributed by atoms with Gasteiger partial charge >= 0.3 is 0 Å². The number of hydrogen-bond acceptors (Lipinski definition) is 3. The van der Waals surface area contributed by atoms with E-state index in [1.54, 1.807) is 0 Å². The van der Waals surface area contributed by atoms with E-state index in [0.29, 0.717) is 11.7 Å². The number of Topliss-reactive ketones (excluding diaryl/α,β-unsaturated/α-hetero) is 1. The van der Waals surface area contributed by atoms with Crippen LogP contribution in [0.3, 0.4) is 0 Å². The zero-order valence-corrected chi connectivity index (χ0v) is 9.21. The van der Waals surface area contributed by atoms with Crippen molar-refractivity contribution < 1.29 is 4.79 Å². The maximum absolute atomic E-state index is 11.3. The molecule has 0 saturated carbocycles.